The molecule has 0 aromatic rings. The molecule has 0 saturated carbocycles. The van der Waals surface area contributed by atoms with Crippen molar-refractivity contribution in [1.29, 1.82) is 0 Å². The number of methoxy groups -OCH3 is 1. The molecule has 1 heterocycles. The molecule has 1 aliphatic rings. The number of carbonyl (C=O) groups is 2. The second kappa shape index (κ2) is 7.24. The molecule has 0 aromatic carbocycles. The third-order valence-corrected chi connectivity index (χ3v) is 2.75. The third kappa shape index (κ3) is 5.14. The van der Waals surface area contributed by atoms with Crippen molar-refractivity contribution >= 4 is 11.8 Å². The molecule has 1 saturated heterocycles. The first kappa shape index (κ1) is 13.9. The first-order chi connectivity index (χ1) is 8.13. The zero-order valence-electron chi connectivity index (χ0n) is 10.4. The zero-order chi connectivity index (χ0) is 12.7. The molecule has 1 rings (SSSR count). The highest BCUT2D eigenvalue weighted by molar-refractivity contribution is 5.81. The minimum absolute atomic E-state index is 0.0426. The Bertz CT molecular complexity index is 261. The molecule has 2 unspecified atom stereocenters. The lowest BCUT2D eigenvalue weighted by molar-refractivity contribution is -0.123. The van der Waals surface area contributed by atoms with Crippen LogP contribution in [0.5, 0.6) is 0 Å². The predicted octanol–water partition coefficient (Wildman–Crippen LogP) is -0.994. The first-order valence-electron chi connectivity index (χ1n) is 5.93. The highest BCUT2D eigenvalue weighted by atomic mass is 16.5. The van der Waals surface area contributed by atoms with Gasteiger partial charge in [0.2, 0.25) is 11.8 Å². The summed E-state index contributed by atoms with van der Waals surface area (Å²) < 4.78 is 4.85. The van der Waals surface area contributed by atoms with E-state index >= 15 is 0 Å². The number of nitrogens with one attached hydrogen (secondary N) is 3. The van der Waals surface area contributed by atoms with Gasteiger partial charge in [-0.2, -0.15) is 0 Å². The first-order valence-corrected chi connectivity index (χ1v) is 5.93. The summed E-state index contributed by atoms with van der Waals surface area (Å²) in [5, 5.41) is 8.74. The van der Waals surface area contributed by atoms with Gasteiger partial charge in [0.1, 0.15) is 0 Å². The van der Waals surface area contributed by atoms with Gasteiger partial charge in [0.05, 0.1) is 12.6 Å². The molecule has 0 aromatic heterocycles. The maximum atomic E-state index is 11.6. The van der Waals surface area contributed by atoms with Crippen molar-refractivity contribution in [3.63, 3.8) is 0 Å². The summed E-state index contributed by atoms with van der Waals surface area (Å²) in [6.07, 6.45) is 1.30. The Morgan fingerprint density at radius 3 is 3.00 bits per heavy atom. The van der Waals surface area contributed by atoms with E-state index in [9.17, 15) is 9.59 Å². The van der Waals surface area contributed by atoms with E-state index in [2.05, 4.69) is 16.0 Å². The maximum Gasteiger partial charge on any atom is 0.236 e. The molecule has 0 bridgehead atoms. The smallest absolute Gasteiger partial charge is 0.236 e. The van der Waals surface area contributed by atoms with Crippen LogP contribution in [0.25, 0.3) is 0 Å². The lowest BCUT2D eigenvalue weighted by Crippen LogP contribution is -2.52. The fourth-order valence-electron chi connectivity index (χ4n) is 1.73. The van der Waals surface area contributed by atoms with Crippen LogP contribution in [0.15, 0.2) is 0 Å². The van der Waals surface area contributed by atoms with Gasteiger partial charge in [0.25, 0.3) is 0 Å². The van der Waals surface area contributed by atoms with Gasteiger partial charge >= 0.3 is 0 Å². The monoisotopic (exact) mass is 243 g/mol. The Morgan fingerprint density at radius 2 is 2.41 bits per heavy atom. The second-order valence-electron chi connectivity index (χ2n) is 4.21. The van der Waals surface area contributed by atoms with Crippen LogP contribution in [0.4, 0.5) is 0 Å². The number of hydrogen-bond acceptors (Lipinski definition) is 4. The third-order valence-electron chi connectivity index (χ3n) is 2.75. The van der Waals surface area contributed by atoms with Gasteiger partial charge in [-0.05, 0) is 13.3 Å². The summed E-state index contributed by atoms with van der Waals surface area (Å²) in [6.45, 7) is 3.44. The molecule has 2 amide bonds. The highest BCUT2D eigenvalue weighted by Gasteiger charge is 2.21. The molecule has 1 fully saturated rings. The van der Waals surface area contributed by atoms with Crippen LogP contribution in [0.2, 0.25) is 0 Å². The fourth-order valence-corrected chi connectivity index (χ4v) is 1.73. The Balaban J connectivity index is 2.21. The quantitative estimate of drug-likeness (QED) is 0.523. The van der Waals surface area contributed by atoms with Gasteiger partial charge in [-0.3, -0.25) is 9.59 Å². The van der Waals surface area contributed by atoms with E-state index < -0.39 is 0 Å². The highest BCUT2D eigenvalue weighted by Crippen LogP contribution is 2.03. The molecular weight excluding hydrogens is 222 g/mol. The topological polar surface area (TPSA) is 79.5 Å². The molecule has 0 aliphatic carbocycles. The number of amides is 2. The van der Waals surface area contributed by atoms with Gasteiger partial charge in [-0.25, -0.2) is 0 Å². The van der Waals surface area contributed by atoms with Crippen LogP contribution < -0.4 is 16.0 Å². The van der Waals surface area contributed by atoms with E-state index in [-0.39, 0.29) is 23.9 Å². The van der Waals surface area contributed by atoms with Crippen molar-refractivity contribution in [3.8, 4) is 0 Å². The van der Waals surface area contributed by atoms with E-state index in [1.165, 1.54) is 0 Å². The van der Waals surface area contributed by atoms with Gasteiger partial charge in [-0.1, -0.05) is 0 Å². The predicted molar refractivity (Wildman–Crippen MR) is 63.5 cm³/mol. The summed E-state index contributed by atoms with van der Waals surface area (Å²) in [5.41, 5.74) is 0. The molecule has 6 heteroatoms. The average Bonchev–Trinajstić information content (AvgIpc) is 2.32. The minimum Gasteiger partial charge on any atom is -0.383 e. The molecular formula is C11H21N3O3. The van der Waals surface area contributed by atoms with E-state index in [1.807, 2.05) is 6.92 Å². The van der Waals surface area contributed by atoms with Gasteiger partial charge in [0, 0.05) is 32.7 Å². The fraction of sp³-hybridized carbons (Fsp3) is 0.818. The van der Waals surface area contributed by atoms with E-state index in [1.54, 1.807) is 7.11 Å². The SMILES string of the molecule is COCCNC(=O)C(C)NC1CCC(=O)NC1. The summed E-state index contributed by atoms with van der Waals surface area (Å²) in [4.78, 5) is 22.6. The lowest BCUT2D eigenvalue weighted by Gasteiger charge is -2.26. The van der Waals surface area contributed by atoms with E-state index in [4.69, 9.17) is 4.74 Å². The van der Waals surface area contributed by atoms with Gasteiger partial charge in [-0.15, -0.1) is 0 Å². The number of piperidine rings is 1. The second-order valence-corrected chi connectivity index (χ2v) is 4.21. The summed E-state index contributed by atoms with van der Waals surface area (Å²) in [6, 6.07) is -0.0808. The molecule has 98 valence electrons. The van der Waals surface area contributed by atoms with Crippen LogP contribution in [-0.2, 0) is 14.3 Å². The van der Waals surface area contributed by atoms with E-state index in [0.717, 1.165) is 6.42 Å². The Kier molecular flexibility index (Phi) is 5.93. The van der Waals surface area contributed by atoms with Gasteiger partial charge < -0.3 is 20.7 Å². The van der Waals surface area contributed by atoms with Crippen LogP contribution in [0.3, 0.4) is 0 Å². The van der Waals surface area contributed by atoms with Gasteiger partial charge in [0.15, 0.2) is 0 Å². The molecule has 3 N–H and O–H groups in total. The standard InChI is InChI=1S/C11H21N3O3/c1-8(11(16)12-5-6-17-2)14-9-3-4-10(15)13-7-9/h8-9,14H,3-7H2,1-2H3,(H,12,16)(H,13,15). The van der Waals surface area contributed by atoms with Crippen molar-refractivity contribution in [2.75, 3.05) is 26.8 Å². The van der Waals surface area contributed by atoms with Crippen molar-refractivity contribution in [2.24, 2.45) is 0 Å². The molecule has 6 nitrogen and oxygen atoms in total. The number of rotatable bonds is 6. The van der Waals surface area contributed by atoms with Crippen molar-refractivity contribution in [2.45, 2.75) is 31.8 Å². The van der Waals surface area contributed by atoms with Crippen LogP contribution >= 0.6 is 0 Å². The molecule has 2 atom stereocenters. The minimum atomic E-state index is -0.258. The Hall–Kier alpha value is -1.14. The normalized spacial score (nSPS) is 21.8. The molecule has 1 aliphatic heterocycles. The number of carbonyl (C=O) groups excluding carboxylic acids is 2. The zero-order valence-corrected chi connectivity index (χ0v) is 10.4. The molecule has 0 radical (unpaired) electrons. The summed E-state index contributed by atoms with van der Waals surface area (Å²) in [5.74, 6) is 0.0409. The summed E-state index contributed by atoms with van der Waals surface area (Å²) in [7, 11) is 1.60. The largest absolute Gasteiger partial charge is 0.383 e. The average molecular weight is 243 g/mol. The maximum absolute atomic E-state index is 11.6. The Morgan fingerprint density at radius 1 is 1.65 bits per heavy atom. The number of ether oxygens (including phenoxy) is 1. The summed E-state index contributed by atoms with van der Waals surface area (Å²) >= 11 is 0. The molecule has 17 heavy (non-hydrogen) atoms. The van der Waals surface area contributed by atoms with Crippen LogP contribution in [0, 0.1) is 0 Å². The van der Waals surface area contributed by atoms with E-state index in [0.29, 0.717) is 26.1 Å². The Labute approximate surface area is 101 Å². The molecule has 0 spiro atoms. The van der Waals surface area contributed by atoms with Crippen LogP contribution in [0.1, 0.15) is 19.8 Å². The van der Waals surface area contributed by atoms with Crippen molar-refractivity contribution in [3.05, 3.63) is 0 Å². The van der Waals surface area contributed by atoms with Crippen molar-refractivity contribution < 1.29 is 14.3 Å². The van der Waals surface area contributed by atoms with Crippen molar-refractivity contribution in [1.82, 2.24) is 16.0 Å². The van der Waals surface area contributed by atoms with Crippen LogP contribution in [-0.4, -0.2) is 50.7 Å². The number of hydrogen-bond donors (Lipinski definition) is 3. The lowest BCUT2D eigenvalue weighted by atomic mass is 10.1.